The summed E-state index contributed by atoms with van der Waals surface area (Å²) in [5, 5.41) is 17.3. The van der Waals surface area contributed by atoms with Crippen molar-refractivity contribution in [1.29, 1.82) is 5.26 Å². The lowest BCUT2D eigenvalue weighted by atomic mass is 10.1. The minimum absolute atomic E-state index is 0.225. The van der Waals surface area contributed by atoms with Crippen LogP contribution in [0.4, 0.5) is 0 Å². The first kappa shape index (κ1) is 12.4. The highest BCUT2D eigenvalue weighted by Crippen LogP contribution is 2.08. The second-order valence-corrected chi connectivity index (χ2v) is 3.62. The zero-order chi connectivity index (χ0) is 10.3. The van der Waals surface area contributed by atoms with E-state index in [9.17, 15) is 0 Å². The van der Waals surface area contributed by atoms with Gasteiger partial charge in [0.25, 0.3) is 0 Å². The molecule has 3 heteroatoms. The molecule has 0 spiro atoms. The van der Waals surface area contributed by atoms with Gasteiger partial charge in [0.1, 0.15) is 0 Å². The van der Waals surface area contributed by atoms with Gasteiger partial charge in [0.05, 0.1) is 12.5 Å². The number of aliphatic hydroxyl groups is 1. The third-order valence-corrected chi connectivity index (χ3v) is 2.19. The van der Waals surface area contributed by atoms with Gasteiger partial charge in [-0.15, -0.1) is 0 Å². The minimum atomic E-state index is 0.225. The largest absolute Gasteiger partial charge is 0.396 e. The van der Waals surface area contributed by atoms with Crippen molar-refractivity contribution in [3.8, 4) is 6.07 Å². The molecule has 0 bridgehead atoms. The Morgan fingerprint density at radius 2 is 2.00 bits per heavy atom. The molecular weight excluding hydrogens is 164 g/mol. The average molecular weight is 184 g/mol. The maximum atomic E-state index is 8.72. The Labute approximate surface area is 81.0 Å². The van der Waals surface area contributed by atoms with Crippen LogP contribution in [0.15, 0.2) is 0 Å². The van der Waals surface area contributed by atoms with Gasteiger partial charge in [0, 0.05) is 25.2 Å². The van der Waals surface area contributed by atoms with Gasteiger partial charge in [-0.2, -0.15) is 5.26 Å². The maximum absolute atomic E-state index is 8.72. The van der Waals surface area contributed by atoms with Crippen LogP contribution in [0, 0.1) is 11.3 Å². The van der Waals surface area contributed by atoms with Gasteiger partial charge in [-0.25, -0.2) is 0 Å². The van der Waals surface area contributed by atoms with Crippen molar-refractivity contribution < 1.29 is 5.11 Å². The van der Waals surface area contributed by atoms with Crippen molar-refractivity contribution in [3.05, 3.63) is 0 Å². The molecule has 13 heavy (non-hydrogen) atoms. The summed E-state index contributed by atoms with van der Waals surface area (Å²) in [6.07, 6.45) is 1.34. The topological polar surface area (TPSA) is 47.3 Å². The zero-order valence-electron chi connectivity index (χ0n) is 8.82. The Balaban J connectivity index is 4.00. The van der Waals surface area contributed by atoms with E-state index in [2.05, 4.69) is 31.7 Å². The fourth-order valence-electron chi connectivity index (χ4n) is 1.49. The van der Waals surface area contributed by atoms with Crippen LogP contribution in [0.1, 0.15) is 33.6 Å². The smallest absolute Gasteiger partial charge is 0.0638 e. The first-order chi connectivity index (χ1) is 6.13. The first-order valence-electron chi connectivity index (χ1n) is 4.87. The highest BCUT2D eigenvalue weighted by Gasteiger charge is 2.15. The van der Waals surface area contributed by atoms with Crippen molar-refractivity contribution in [3.63, 3.8) is 0 Å². The molecule has 0 aromatic rings. The van der Waals surface area contributed by atoms with Crippen LogP contribution in [0.2, 0.25) is 0 Å². The van der Waals surface area contributed by atoms with Crippen LogP contribution in [-0.2, 0) is 0 Å². The lowest BCUT2D eigenvalue weighted by molar-refractivity contribution is 0.148. The first-order valence-corrected chi connectivity index (χ1v) is 4.87. The molecule has 0 fully saturated rings. The summed E-state index contributed by atoms with van der Waals surface area (Å²) in [5.74, 6) is 0. The maximum Gasteiger partial charge on any atom is 0.0638 e. The fourth-order valence-corrected chi connectivity index (χ4v) is 1.49. The van der Waals surface area contributed by atoms with Gasteiger partial charge >= 0.3 is 0 Å². The Hall–Kier alpha value is -0.590. The lowest BCUT2D eigenvalue weighted by Crippen LogP contribution is -2.39. The summed E-state index contributed by atoms with van der Waals surface area (Å²) in [4.78, 5) is 2.25. The van der Waals surface area contributed by atoms with Crippen molar-refractivity contribution in [2.45, 2.75) is 45.7 Å². The molecule has 0 rings (SSSR count). The molecule has 1 unspecified atom stereocenters. The molecule has 76 valence electrons. The number of hydrogen-bond donors (Lipinski definition) is 1. The van der Waals surface area contributed by atoms with Gasteiger partial charge < -0.3 is 5.11 Å². The molecule has 0 heterocycles. The molecule has 0 saturated carbocycles. The molecular formula is C10H20N2O. The van der Waals surface area contributed by atoms with Crippen molar-refractivity contribution in [2.75, 3.05) is 13.2 Å². The van der Waals surface area contributed by atoms with E-state index in [1.54, 1.807) is 0 Å². The summed E-state index contributed by atoms with van der Waals surface area (Å²) in [6, 6.07) is 2.90. The molecule has 1 atom stereocenters. The van der Waals surface area contributed by atoms with E-state index in [1.165, 1.54) is 0 Å². The van der Waals surface area contributed by atoms with Crippen molar-refractivity contribution >= 4 is 0 Å². The number of nitrogens with zero attached hydrogens (tertiary/aromatic N) is 2. The molecule has 0 aliphatic rings. The molecule has 0 amide bonds. The number of aliphatic hydroxyl groups excluding tert-OH is 1. The molecule has 0 aromatic carbocycles. The van der Waals surface area contributed by atoms with Gasteiger partial charge in [0.2, 0.25) is 0 Å². The van der Waals surface area contributed by atoms with Crippen LogP contribution in [0.25, 0.3) is 0 Å². The molecule has 0 radical (unpaired) electrons. The van der Waals surface area contributed by atoms with E-state index < -0.39 is 0 Å². The highest BCUT2D eigenvalue weighted by molar-refractivity contribution is 4.81. The standard InChI is InChI=1S/C10H20N2O/c1-9(2)12(7-4-8-13)10(3)5-6-11/h9-10,13H,4-5,7-8H2,1-3H3. The second kappa shape index (κ2) is 6.88. The molecule has 0 aromatic heterocycles. The third kappa shape index (κ3) is 4.87. The molecule has 0 aliphatic carbocycles. The lowest BCUT2D eigenvalue weighted by Gasteiger charge is -2.31. The number of rotatable bonds is 6. The Morgan fingerprint density at radius 3 is 2.38 bits per heavy atom. The zero-order valence-corrected chi connectivity index (χ0v) is 8.82. The molecule has 3 nitrogen and oxygen atoms in total. The van der Waals surface area contributed by atoms with Gasteiger partial charge in [0.15, 0.2) is 0 Å². The predicted molar refractivity (Wildman–Crippen MR) is 53.2 cm³/mol. The number of hydrogen-bond acceptors (Lipinski definition) is 3. The van der Waals surface area contributed by atoms with E-state index in [0.29, 0.717) is 12.5 Å². The average Bonchev–Trinajstić information content (AvgIpc) is 2.05. The van der Waals surface area contributed by atoms with Crippen LogP contribution in [0.5, 0.6) is 0 Å². The van der Waals surface area contributed by atoms with Crippen LogP contribution in [0.3, 0.4) is 0 Å². The van der Waals surface area contributed by atoms with Crippen molar-refractivity contribution in [1.82, 2.24) is 4.90 Å². The van der Waals surface area contributed by atoms with Crippen molar-refractivity contribution in [2.24, 2.45) is 0 Å². The fraction of sp³-hybridized carbons (Fsp3) is 0.900. The molecule has 1 N–H and O–H groups in total. The molecule has 0 saturated heterocycles. The Bertz CT molecular complexity index is 163. The van der Waals surface area contributed by atoms with Crippen LogP contribution >= 0.6 is 0 Å². The summed E-state index contributed by atoms with van der Waals surface area (Å²) < 4.78 is 0. The van der Waals surface area contributed by atoms with E-state index >= 15 is 0 Å². The van der Waals surface area contributed by atoms with E-state index in [1.807, 2.05) is 0 Å². The summed E-state index contributed by atoms with van der Waals surface area (Å²) in [6.45, 7) is 7.39. The summed E-state index contributed by atoms with van der Waals surface area (Å²) >= 11 is 0. The monoisotopic (exact) mass is 184 g/mol. The van der Waals surface area contributed by atoms with Gasteiger partial charge in [-0.05, 0) is 27.2 Å². The number of nitriles is 1. The van der Waals surface area contributed by atoms with E-state index in [4.69, 9.17) is 10.4 Å². The van der Waals surface area contributed by atoms with Gasteiger partial charge in [-0.1, -0.05) is 0 Å². The Morgan fingerprint density at radius 1 is 1.38 bits per heavy atom. The normalized spacial score (nSPS) is 13.3. The highest BCUT2D eigenvalue weighted by atomic mass is 16.3. The second-order valence-electron chi connectivity index (χ2n) is 3.62. The van der Waals surface area contributed by atoms with E-state index in [0.717, 1.165) is 13.0 Å². The summed E-state index contributed by atoms with van der Waals surface area (Å²) in [5.41, 5.74) is 0. The Kier molecular flexibility index (Phi) is 6.56. The predicted octanol–water partition coefficient (Wildman–Crippen LogP) is 1.38. The van der Waals surface area contributed by atoms with E-state index in [-0.39, 0.29) is 12.6 Å². The minimum Gasteiger partial charge on any atom is -0.396 e. The van der Waals surface area contributed by atoms with Crippen LogP contribution < -0.4 is 0 Å². The molecule has 0 aliphatic heterocycles. The van der Waals surface area contributed by atoms with Gasteiger partial charge in [-0.3, -0.25) is 4.90 Å². The third-order valence-electron chi connectivity index (χ3n) is 2.19. The SMILES string of the molecule is CC(C)N(CCCO)C(C)CC#N. The quantitative estimate of drug-likeness (QED) is 0.678. The van der Waals surface area contributed by atoms with Crippen LogP contribution in [-0.4, -0.2) is 35.2 Å². The summed E-state index contributed by atoms with van der Waals surface area (Å²) in [7, 11) is 0.